The van der Waals surface area contributed by atoms with Crippen molar-refractivity contribution in [2.45, 2.75) is 5.41 Å². The zero-order chi connectivity index (χ0) is 38.5. The van der Waals surface area contributed by atoms with Gasteiger partial charge in [-0.2, -0.15) is 0 Å². The van der Waals surface area contributed by atoms with Crippen molar-refractivity contribution in [3.8, 4) is 33.4 Å². The van der Waals surface area contributed by atoms with E-state index < -0.39 is 5.41 Å². The molecule has 0 spiro atoms. The summed E-state index contributed by atoms with van der Waals surface area (Å²) in [6.45, 7) is 0. The zero-order valence-corrected chi connectivity index (χ0v) is 32.0. The average molecular weight is 738 g/mol. The summed E-state index contributed by atoms with van der Waals surface area (Å²) in [5.41, 5.74) is 15.2. The van der Waals surface area contributed by atoms with E-state index in [-0.39, 0.29) is 0 Å². The zero-order valence-electron chi connectivity index (χ0n) is 32.0. The second-order valence-electron chi connectivity index (χ2n) is 15.2. The number of benzene rings is 10. The lowest BCUT2D eigenvalue weighted by molar-refractivity contribution is 0.776. The van der Waals surface area contributed by atoms with Crippen molar-refractivity contribution in [2.24, 2.45) is 0 Å². The Balaban J connectivity index is 1.20. The summed E-state index contributed by atoms with van der Waals surface area (Å²) < 4.78 is 0. The molecule has 0 N–H and O–H groups in total. The first-order chi connectivity index (χ1) is 28.8. The third-order valence-corrected chi connectivity index (χ3v) is 12.1. The number of hydrogen-bond donors (Lipinski definition) is 0. The van der Waals surface area contributed by atoms with Gasteiger partial charge in [0.25, 0.3) is 0 Å². The molecule has 0 bridgehead atoms. The van der Waals surface area contributed by atoms with E-state index in [1.807, 2.05) is 0 Å². The Hall–Kier alpha value is -7.48. The van der Waals surface area contributed by atoms with Crippen molar-refractivity contribution < 1.29 is 0 Å². The maximum Gasteiger partial charge on any atom is 0.0720 e. The molecule has 0 unspecified atom stereocenters. The lowest BCUT2D eigenvalue weighted by Crippen LogP contribution is -2.29. The molecular weight excluding hydrogens is 699 g/mol. The number of anilines is 3. The minimum Gasteiger partial charge on any atom is -0.310 e. The maximum absolute atomic E-state index is 2.48. The molecule has 58 heavy (non-hydrogen) atoms. The van der Waals surface area contributed by atoms with Crippen molar-refractivity contribution in [3.63, 3.8) is 0 Å². The molecule has 0 atom stereocenters. The monoisotopic (exact) mass is 737 g/mol. The minimum atomic E-state index is -0.590. The van der Waals surface area contributed by atoms with Crippen LogP contribution in [-0.2, 0) is 5.41 Å². The molecule has 0 radical (unpaired) electrons. The Morgan fingerprint density at radius 2 is 0.672 bits per heavy atom. The summed E-state index contributed by atoms with van der Waals surface area (Å²) in [6, 6.07) is 86.8. The predicted molar refractivity (Wildman–Crippen MR) is 244 cm³/mol. The number of fused-ring (bicyclic) bond motifs is 8. The fraction of sp³-hybridized carbons (Fsp3) is 0.0175. The van der Waals surface area contributed by atoms with Crippen molar-refractivity contribution in [1.82, 2.24) is 0 Å². The first-order valence-electron chi connectivity index (χ1n) is 20.1. The van der Waals surface area contributed by atoms with Crippen LogP contribution in [0.4, 0.5) is 17.1 Å². The highest BCUT2D eigenvalue weighted by Crippen LogP contribution is 2.61. The number of rotatable bonds is 7. The third kappa shape index (κ3) is 5.32. The lowest BCUT2D eigenvalue weighted by atomic mass is 9.66. The predicted octanol–water partition coefficient (Wildman–Crippen LogP) is 15.2. The van der Waals surface area contributed by atoms with Crippen LogP contribution in [-0.4, -0.2) is 0 Å². The van der Waals surface area contributed by atoms with E-state index in [1.54, 1.807) is 0 Å². The molecule has 0 aliphatic heterocycles. The molecule has 11 rings (SSSR count). The molecule has 1 heteroatoms. The Kier molecular flexibility index (Phi) is 8.12. The van der Waals surface area contributed by atoms with E-state index in [4.69, 9.17) is 0 Å². The van der Waals surface area contributed by atoms with Crippen LogP contribution in [0.15, 0.2) is 237 Å². The molecule has 0 heterocycles. The second-order valence-corrected chi connectivity index (χ2v) is 15.2. The number of hydrogen-bond acceptors (Lipinski definition) is 1. The Bertz CT molecular complexity index is 2940. The summed E-state index contributed by atoms with van der Waals surface area (Å²) >= 11 is 0. The van der Waals surface area contributed by atoms with Gasteiger partial charge in [0, 0.05) is 17.1 Å². The molecule has 0 aromatic heterocycles. The van der Waals surface area contributed by atoms with Crippen LogP contribution < -0.4 is 4.90 Å². The van der Waals surface area contributed by atoms with Crippen molar-refractivity contribution in [2.75, 3.05) is 4.90 Å². The molecular formula is C57H39N. The van der Waals surface area contributed by atoms with Gasteiger partial charge in [-0.1, -0.05) is 200 Å². The second kappa shape index (κ2) is 13.9. The lowest BCUT2D eigenvalue weighted by Gasteiger charge is -2.35. The van der Waals surface area contributed by atoms with Crippen molar-refractivity contribution in [3.05, 3.63) is 259 Å². The summed E-state index contributed by atoms with van der Waals surface area (Å²) in [6.07, 6.45) is 0. The van der Waals surface area contributed by atoms with Gasteiger partial charge in [0.2, 0.25) is 0 Å². The Morgan fingerprint density at radius 1 is 0.293 bits per heavy atom. The highest BCUT2D eigenvalue weighted by molar-refractivity contribution is 6.19. The summed E-state index contributed by atoms with van der Waals surface area (Å²) in [5, 5.41) is 5.12. The van der Waals surface area contributed by atoms with E-state index in [0.717, 1.165) is 17.1 Å². The normalized spacial score (nSPS) is 12.6. The fourth-order valence-electron chi connectivity index (χ4n) is 9.60. The van der Waals surface area contributed by atoms with Gasteiger partial charge in [-0.15, -0.1) is 0 Å². The van der Waals surface area contributed by atoms with Crippen LogP contribution in [0.25, 0.3) is 54.9 Å². The largest absolute Gasteiger partial charge is 0.310 e. The van der Waals surface area contributed by atoms with Gasteiger partial charge in [0.15, 0.2) is 0 Å². The van der Waals surface area contributed by atoms with Crippen LogP contribution in [0.5, 0.6) is 0 Å². The van der Waals surface area contributed by atoms with E-state index in [1.165, 1.54) is 77.2 Å². The smallest absolute Gasteiger partial charge is 0.0720 e. The maximum atomic E-state index is 2.48. The van der Waals surface area contributed by atoms with Crippen molar-refractivity contribution >= 4 is 38.6 Å². The molecule has 1 nitrogen and oxygen atoms in total. The van der Waals surface area contributed by atoms with Gasteiger partial charge in [-0.05, 0) is 114 Å². The van der Waals surface area contributed by atoms with E-state index in [0.29, 0.717) is 0 Å². The molecule has 1 aliphatic carbocycles. The summed E-state index contributed by atoms with van der Waals surface area (Å²) in [5.74, 6) is 0. The van der Waals surface area contributed by atoms with Gasteiger partial charge in [-0.3, -0.25) is 0 Å². The SMILES string of the molecule is c1ccc(-c2ccc(N(c3ccc(-c4ccccc4)cc3)c3ccc4c(c3)C(c3ccccc3)(c3ccccc3)c3c-4c4ccccc4c4ccccc34)cc2)cc1. The van der Waals surface area contributed by atoms with Crippen LogP contribution in [0.1, 0.15) is 22.3 Å². The van der Waals surface area contributed by atoms with Crippen LogP contribution in [0.2, 0.25) is 0 Å². The van der Waals surface area contributed by atoms with E-state index in [2.05, 4.69) is 241 Å². The quantitative estimate of drug-likeness (QED) is 0.147. The van der Waals surface area contributed by atoms with Gasteiger partial charge in [-0.25, -0.2) is 0 Å². The van der Waals surface area contributed by atoms with E-state index in [9.17, 15) is 0 Å². The minimum absolute atomic E-state index is 0.590. The molecule has 10 aromatic carbocycles. The standard InChI is InChI=1S/C57H39N/c1-5-17-40(18-6-1)42-29-33-46(34-30-42)58(47-35-31-43(32-36-47)41-19-7-2-8-20-41)48-37-38-53-54(39-48)57(44-21-9-3-10-22-44,45-23-11-4-12-24-45)56-52-28-16-14-26-50(52)49-25-13-15-27-51(49)55(53)56/h1-39H. The van der Waals surface area contributed by atoms with Gasteiger partial charge in [0.1, 0.15) is 0 Å². The highest BCUT2D eigenvalue weighted by atomic mass is 15.1. The van der Waals surface area contributed by atoms with Crippen molar-refractivity contribution in [1.29, 1.82) is 0 Å². The van der Waals surface area contributed by atoms with Crippen LogP contribution >= 0.6 is 0 Å². The Morgan fingerprint density at radius 3 is 1.17 bits per heavy atom. The highest BCUT2D eigenvalue weighted by Gasteiger charge is 2.48. The summed E-state index contributed by atoms with van der Waals surface area (Å²) in [4.78, 5) is 2.42. The molecule has 272 valence electrons. The molecule has 10 aromatic rings. The molecule has 0 saturated heterocycles. The molecule has 0 saturated carbocycles. The molecule has 0 fully saturated rings. The third-order valence-electron chi connectivity index (χ3n) is 12.1. The average Bonchev–Trinajstić information content (AvgIpc) is 3.62. The molecule has 0 amide bonds. The van der Waals surface area contributed by atoms with E-state index >= 15 is 0 Å². The van der Waals surface area contributed by atoms with Crippen LogP contribution in [0, 0.1) is 0 Å². The number of nitrogens with zero attached hydrogens (tertiary/aromatic N) is 1. The fourth-order valence-corrected chi connectivity index (χ4v) is 9.60. The van der Waals surface area contributed by atoms with Gasteiger partial charge < -0.3 is 4.90 Å². The van der Waals surface area contributed by atoms with Crippen LogP contribution in [0.3, 0.4) is 0 Å². The summed E-state index contributed by atoms with van der Waals surface area (Å²) in [7, 11) is 0. The first kappa shape index (κ1) is 33.8. The van der Waals surface area contributed by atoms with Gasteiger partial charge in [0.05, 0.1) is 5.41 Å². The Labute approximate surface area is 339 Å². The van der Waals surface area contributed by atoms with Gasteiger partial charge >= 0.3 is 0 Å². The first-order valence-corrected chi connectivity index (χ1v) is 20.1. The molecule has 1 aliphatic rings. The topological polar surface area (TPSA) is 3.24 Å².